The Hall–Kier alpha value is -1.65. The van der Waals surface area contributed by atoms with Crippen LogP contribution in [0.3, 0.4) is 0 Å². The predicted octanol–water partition coefficient (Wildman–Crippen LogP) is 4.68. The van der Waals surface area contributed by atoms with Crippen LogP contribution in [0.15, 0.2) is 58.7 Å². The number of hydrogen-bond acceptors (Lipinski definition) is 3. The Bertz CT molecular complexity index is 682. The molecule has 0 saturated heterocycles. The lowest BCUT2D eigenvalue weighted by atomic mass is 10.1. The molecule has 1 aliphatic heterocycles. The van der Waals surface area contributed by atoms with Crippen molar-refractivity contribution in [3.8, 4) is 0 Å². The van der Waals surface area contributed by atoms with Gasteiger partial charge in [-0.1, -0.05) is 45.7 Å². The molecule has 1 heterocycles. The van der Waals surface area contributed by atoms with Gasteiger partial charge in [0.15, 0.2) is 0 Å². The Morgan fingerprint density at radius 2 is 1.95 bits per heavy atom. The van der Waals surface area contributed by atoms with Gasteiger partial charge < -0.3 is 5.32 Å². The smallest absolute Gasteiger partial charge is 0.108 e. The van der Waals surface area contributed by atoms with Crippen molar-refractivity contribution in [1.29, 1.82) is 0 Å². The number of rotatable bonds is 3. The van der Waals surface area contributed by atoms with E-state index in [9.17, 15) is 0 Å². The third-order valence-corrected chi connectivity index (χ3v) is 4.10. The molecule has 5 heteroatoms. The Kier molecular flexibility index (Phi) is 4.08. The molecule has 2 N–H and O–H groups in total. The minimum absolute atomic E-state index is 0.712. The Morgan fingerprint density at radius 1 is 1.19 bits per heavy atom. The lowest BCUT2D eigenvalue weighted by molar-refractivity contribution is 0.483. The molecule has 108 valence electrons. The summed E-state index contributed by atoms with van der Waals surface area (Å²) in [6.45, 7) is 2.79. The van der Waals surface area contributed by atoms with Gasteiger partial charge >= 0.3 is 0 Å². The number of halogens is 2. The van der Waals surface area contributed by atoms with Crippen LogP contribution in [-0.4, -0.2) is 11.7 Å². The fourth-order valence-corrected chi connectivity index (χ4v) is 2.81. The summed E-state index contributed by atoms with van der Waals surface area (Å²) < 4.78 is 1.07. The van der Waals surface area contributed by atoms with Crippen molar-refractivity contribution in [2.45, 2.75) is 6.92 Å². The van der Waals surface area contributed by atoms with E-state index >= 15 is 0 Å². The molecule has 0 spiro atoms. The molecule has 0 aliphatic carbocycles. The van der Waals surface area contributed by atoms with E-state index in [1.807, 2.05) is 36.4 Å². The van der Waals surface area contributed by atoms with Gasteiger partial charge in [-0.2, -0.15) is 0 Å². The maximum absolute atomic E-state index is 6.04. The van der Waals surface area contributed by atoms with Crippen molar-refractivity contribution in [2.24, 2.45) is 0 Å². The summed E-state index contributed by atoms with van der Waals surface area (Å²) in [6, 6.07) is 16.0. The summed E-state index contributed by atoms with van der Waals surface area (Å²) in [5.41, 5.74) is 7.81. The van der Waals surface area contributed by atoms with Crippen LogP contribution in [-0.2, 0) is 0 Å². The van der Waals surface area contributed by atoms with Gasteiger partial charge in [0.2, 0.25) is 0 Å². The first-order valence-electron chi connectivity index (χ1n) is 6.64. The standard InChI is InChI=1S/C16H15BrClN3/c1-11-16(12-5-7-13(17)8-6-12)21(10-19-11)20-15-4-2-3-14(18)9-15/h2-9,19-20H,10H2,1H3. The van der Waals surface area contributed by atoms with Crippen molar-refractivity contribution in [1.82, 2.24) is 10.3 Å². The van der Waals surface area contributed by atoms with E-state index in [1.165, 1.54) is 0 Å². The lowest BCUT2D eigenvalue weighted by Crippen LogP contribution is -2.29. The molecule has 0 atom stereocenters. The molecule has 2 aromatic rings. The fraction of sp³-hybridized carbons (Fsp3) is 0.125. The fourth-order valence-electron chi connectivity index (χ4n) is 2.35. The van der Waals surface area contributed by atoms with E-state index in [0.29, 0.717) is 6.67 Å². The minimum Gasteiger partial charge on any atom is -0.368 e. The van der Waals surface area contributed by atoms with Gasteiger partial charge in [-0.15, -0.1) is 0 Å². The molecular weight excluding hydrogens is 350 g/mol. The third-order valence-electron chi connectivity index (χ3n) is 3.33. The van der Waals surface area contributed by atoms with Crippen LogP contribution >= 0.6 is 27.5 Å². The lowest BCUT2D eigenvalue weighted by Gasteiger charge is -2.23. The second-order valence-electron chi connectivity index (χ2n) is 4.87. The molecule has 0 amide bonds. The molecular formula is C16H15BrClN3. The SMILES string of the molecule is CC1=C(c2ccc(Br)cc2)N(Nc2cccc(Cl)c2)CN1. The summed E-state index contributed by atoms with van der Waals surface area (Å²) in [5, 5.41) is 6.17. The summed E-state index contributed by atoms with van der Waals surface area (Å²) in [6.07, 6.45) is 0. The molecule has 0 saturated carbocycles. The zero-order valence-electron chi connectivity index (χ0n) is 11.5. The molecule has 21 heavy (non-hydrogen) atoms. The largest absolute Gasteiger partial charge is 0.368 e. The van der Waals surface area contributed by atoms with E-state index in [1.54, 1.807) is 0 Å². The van der Waals surface area contributed by atoms with Crippen LogP contribution in [0.25, 0.3) is 5.70 Å². The van der Waals surface area contributed by atoms with Crippen molar-refractivity contribution >= 4 is 38.9 Å². The van der Waals surface area contributed by atoms with E-state index < -0.39 is 0 Å². The normalized spacial score (nSPS) is 14.3. The first-order valence-corrected chi connectivity index (χ1v) is 7.81. The van der Waals surface area contributed by atoms with Gasteiger partial charge in [-0.25, -0.2) is 0 Å². The first-order chi connectivity index (χ1) is 10.1. The van der Waals surface area contributed by atoms with Gasteiger partial charge in [-0.05, 0) is 37.3 Å². The molecule has 0 aromatic heterocycles. The number of benzene rings is 2. The molecule has 1 aliphatic rings. The van der Waals surface area contributed by atoms with Crippen LogP contribution in [0.5, 0.6) is 0 Å². The van der Waals surface area contributed by atoms with Gasteiger partial charge in [0.25, 0.3) is 0 Å². The van der Waals surface area contributed by atoms with Gasteiger partial charge in [0, 0.05) is 20.8 Å². The molecule has 0 unspecified atom stereocenters. The molecule has 3 rings (SSSR count). The Labute approximate surface area is 137 Å². The topological polar surface area (TPSA) is 27.3 Å². The molecule has 0 bridgehead atoms. The molecule has 2 aromatic carbocycles. The Balaban J connectivity index is 1.87. The highest BCUT2D eigenvalue weighted by atomic mass is 79.9. The van der Waals surface area contributed by atoms with Crippen molar-refractivity contribution in [3.05, 3.63) is 69.3 Å². The number of hydrogen-bond donors (Lipinski definition) is 2. The number of hydrazine groups is 1. The van der Waals surface area contributed by atoms with Crippen LogP contribution in [0.4, 0.5) is 5.69 Å². The molecule has 3 nitrogen and oxygen atoms in total. The maximum atomic E-state index is 6.04. The number of nitrogens with zero attached hydrogens (tertiary/aromatic N) is 1. The predicted molar refractivity (Wildman–Crippen MR) is 91.7 cm³/mol. The average molecular weight is 365 g/mol. The van der Waals surface area contributed by atoms with Crippen molar-refractivity contribution in [3.63, 3.8) is 0 Å². The molecule has 0 fully saturated rings. The van der Waals surface area contributed by atoms with E-state index in [2.05, 4.69) is 50.7 Å². The second-order valence-corrected chi connectivity index (χ2v) is 6.22. The minimum atomic E-state index is 0.712. The first kappa shape index (κ1) is 14.3. The van der Waals surface area contributed by atoms with Crippen molar-refractivity contribution in [2.75, 3.05) is 12.1 Å². The maximum Gasteiger partial charge on any atom is 0.108 e. The monoisotopic (exact) mass is 363 g/mol. The van der Waals surface area contributed by atoms with Gasteiger partial charge in [0.05, 0.1) is 11.4 Å². The highest BCUT2D eigenvalue weighted by Crippen LogP contribution is 2.28. The van der Waals surface area contributed by atoms with Crippen LogP contribution < -0.4 is 10.7 Å². The van der Waals surface area contributed by atoms with E-state index in [-0.39, 0.29) is 0 Å². The number of anilines is 1. The quantitative estimate of drug-likeness (QED) is 0.828. The summed E-state index contributed by atoms with van der Waals surface area (Å²) in [7, 11) is 0. The van der Waals surface area contributed by atoms with Gasteiger partial charge in [-0.3, -0.25) is 10.4 Å². The highest BCUT2D eigenvalue weighted by molar-refractivity contribution is 9.10. The molecule has 0 radical (unpaired) electrons. The second kappa shape index (κ2) is 6.00. The Morgan fingerprint density at radius 3 is 2.67 bits per heavy atom. The van der Waals surface area contributed by atoms with Crippen LogP contribution in [0.1, 0.15) is 12.5 Å². The third kappa shape index (κ3) is 3.17. The highest BCUT2D eigenvalue weighted by Gasteiger charge is 2.21. The summed E-state index contributed by atoms with van der Waals surface area (Å²) >= 11 is 9.51. The zero-order valence-corrected chi connectivity index (χ0v) is 13.9. The average Bonchev–Trinajstić information content (AvgIpc) is 2.81. The van der Waals surface area contributed by atoms with Crippen LogP contribution in [0, 0.1) is 0 Å². The summed E-state index contributed by atoms with van der Waals surface area (Å²) in [4.78, 5) is 0. The van der Waals surface area contributed by atoms with Gasteiger partial charge in [0.1, 0.15) is 6.67 Å². The van der Waals surface area contributed by atoms with E-state index in [4.69, 9.17) is 11.6 Å². The number of nitrogens with one attached hydrogen (secondary N) is 2. The summed E-state index contributed by atoms with van der Waals surface area (Å²) in [5.74, 6) is 0. The van der Waals surface area contributed by atoms with Crippen LogP contribution in [0.2, 0.25) is 5.02 Å². The number of allylic oxidation sites excluding steroid dienone is 1. The van der Waals surface area contributed by atoms with E-state index in [0.717, 1.165) is 32.1 Å². The van der Waals surface area contributed by atoms with Crippen molar-refractivity contribution < 1.29 is 0 Å². The zero-order chi connectivity index (χ0) is 14.8.